The lowest BCUT2D eigenvalue weighted by atomic mass is 10.1. The van der Waals surface area contributed by atoms with Gasteiger partial charge >= 0.3 is 6.01 Å². The molecule has 0 saturated heterocycles. The van der Waals surface area contributed by atoms with Crippen LogP contribution in [-0.2, 0) is 10.0 Å². The van der Waals surface area contributed by atoms with Crippen LogP contribution in [0.25, 0.3) is 0 Å². The molecule has 0 unspecified atom stereocenters. The first-order valence-corrected chi connectivity index (χ1v) is 7.56. The smallest absolute Gasteiger partial charge is 0.309 e. The molecule has 0 saturated carbocycles. The largest absolute Gasteiger partial charge is 0.431 e. The predicted octanol–water partition coefficient (Wildman–Crippen LogP) is 1.44. The van der Waals surface area contributed by atoms with Gasteiger partial charge in [-0.25, -0.2) is 13.1 Å². The molecule has 2 aromatic rings. The fourth-order valence-corrected chi connectivity index (χ4v) is 2.76. The van der Waals surface area contributed by atoms with E-state index in [2.05, 4.69) is 21.5 Å². The van der Waals surface area contributed by atoms with E-state index in [0.29, 0.717) is 11.3 Å². The highest BCUT2D eigenvalue weighted by Gasteiger charge is 2.20. The van der Waals surface area contributed by atoms with E-state index in [9.17, 15) is 8.42 Å². The molecule has 21 heavy (non-hydrogen) atoms. The van der Waals surface area contributed by atoms with E-state index in [-0.39, 0.29) is 17.5 Å². The second-order valence-electron chi connectivity index (χ2n) is 4.36. The number of aliphatic hydroxyl groups excluding tert-OH is 1. The number of hydrogen-bond donors (Lipinski definition) is 2. The van der Waals surface area contributed by atoms with E-state index in [1.54, 1.807) is 19.1 Å². The summed E-state index contributed by atoms with van der Waals surface area (Å²) in [7, 11) is -3.87. The predicted molar refractivity (Wildman–Crippen MR) is 77.2 cm³/mol. The van der Waals surface area contributed by atoms with Crippen LogP contribution in [0.5, 0.6) is 0 Å². The summed E-state index contributed by atoms with van der Waals surface area (Å²) in [5.74, 6) is 5.08. The van der Waals surface area contributed by atoms with Crippen LogP contribution in [0.4, 0.5) is 6.01 Å². The van der Waals surface area contributed by atoms with E-state index in [1.165, 1.54) is 12.3 Å². The minimum atomic E-state index is -3.87. The Morgan fingerprint density at radius 2 is 2.14 bits per heavy atom. The average Bonchev–Trinajstić information content (AvgIpc) is 2.80. The summed E-state index contributed by atoms with van der Waals surface area (Å²) in [6.45, 7) is 3.16. The van der Waals surface area contributed by atoms with Crippen molar-refractivity contribution in [2.24, 2.45) is 0 Å². The Morgan fingerprint density at radius 1 is 1.38 bits per heavy atom. The number of benzene rings is 1. The highest BCUT2D eigenvalue weighted by Crippen LogP contribution is 2.20. The van der Waals surface area contributed by atoms with Gasteiger partial charge in [0.2, 0.25) is 0 Å². The van der Waals surface area contributed by atoms with Crippen molar-refractivity contribution in [3.63, 3.8) is 0 Å². The number of rotatable bonds is 3. The van der Waals surface area contributed by atoms with Crippen LogP contribution in [0, 0.1) is 25.7 Å². The summed E-state index contributed by atoms with van der Waals surface area (Å²) in [6.07, 6.45) is 1.35. The van der Waals surface area contributed by atoms with Gasteiger partial charge in [-0.3, -0.25) is 0 Å². The van der Waals surface area contributed by atoms with E-state index in [4.69, 9.17) is 9.52 Å². The van der Waals surface area contributed by atoms with E-state index in [1.807, 2.05) is 6.92 Å². The molecule has 6 nitrogen and oxygen atoms in total. The number of nitrogens with zero attached hydrogens (tertiary/aromatic N) is 1. The van der Waals surface area contributed by atoms with Gasteiger partial charge < -0.3 is 9.52 Å². The minimum Gasteiger partial charge on any atom is -0.431 e. The molecule has 0 aliphatic heterocycles. The second kappa shape index (κ2) is 5.99. The zero-order chi connectivity index (χ0) is 15.5. The molecular formula is C14H14N2O4S. The molecule has 0 radical (unpaired) electrons. The Labute approximate surface area is 122 Å². The van der Waals surface area contributed by atoms with Crippen LogP contribution in [0.1, 0.15) is 16.8 Å². The molecule has 0 aliphatic rings. The molecule has 0 aliphatic carbocycles. The van der Waals surface area contributed by atoms with Gasteiger partial charge in [-0.15, -0.1) is 0 Å². The summed E-state index contributed by atoms with van der Waals surface area (Å²) in [5, 5.41) is 8.76. The molecule has 110 valence electrons. The van der Waals surface area contributed by atoms with Gasteiger partial charge in [0.1, 0.15) is 17.8 Å². The van der Waals surface area contributed by atoms with Gasteiger partial charge in [0.05, 0.1) is 5.69 Å². The van der Waals surface area contributed by atoms with Crippen molar-refractivity contribution in [3.8, 4) is 11.8 Å². The third-order valence-corrected chi connectivity index (χ3v) is 3.95. The average molecular weight is 306 g/mol. The summed E-state index contributed by atoms with van der Waals surface area (Å²) in [5.41, 5.74) is 1.74. The number of aryl methyl sites for hydroxylation is 2. The second-order valence-corrected chi connectivity index (χ2v) is 6.01. The molecule has 1 aromatic carbocycles. The van der Waals surface area contributed by atoms with Crippen LogP contribution in [-0.4, -0.2) is 25.1 Å². The van der Waals surface area contributed by atoms with Gasteiger partial charge in [0.25, 0.3) is 10.0 Å². The minimum absolute atomic E-state index is 0.00454. The van der Waals surface area contributed by atoms with E-state index in [0.717, 1.165) is 5.56 Å². The van der Waals surface area contributed by atoms with Gasteiger partial charge in [-0.1, -0.05) is 17.9 Å². The van der Waals surface area contributed by atoms with E-state index < -0.39 is 10.0 Å². The third-order valence-electron chi connectivity index (χ3n) is 2.57. The van der Waals surface area contributed by atoms with Crippen LogP contribution < -0.4 is 4.72 Å². The van der Waals surface area contributed by atoms with Crippen LogP contribution in [0.2, 0.25) is 0 Å². The fourth-order valence-electron chi connectivity index (χ4n) is 1.68. The lowest BCUT2D eigenvalue weighted by Gasteiger charge is -2.07. The topological polar surface area (TPSA) is 92.4 Å². The van der Waals surface area contributed by atoms with Crippen molar-refractivity contribution in [1.29, 1.82) is 0 Å². The van der Waals surface area contributed by atoms with Gasteiger partial charge in [0, 0.05) is 5.56 Å². The Bertz CT molecular complexity index is 813. The molecule has 1 heterocycles. The van der Waals surface area contributed by atoms with Gasteiger partial charge in [-0.05, 0) is 31.5 Å². The molecule has 0 atom stereocenters. The Hall–Kier alpha value is -2.30. The molecule has 0 spiro atoms. The molecule has 2 N–H and O–H groups in total. The van der Waals surface area contributed by atoms with Crippen LogP contribution >= 0.6 is 0 Å². The molecule has 0 fully saturated rings. The summed E-state index contributed by atoms with van der Waals surface area (Å²) in [4.78, 5) is 3.90. The number of aromatic nitrogens is 1. The van der Waals surface area contributed by atoms with Gasteiger partial charge in [0.15, 0.2) is 0 Å². The third kappa shape index (κ3) is 3.62. The Balaban J connectivity index is 2.44. The molecule has 0 bridgehead atoms. The first kappa shape index (κ1) is 15.1. The van der Waals surface area contributed by atoms with Crippen molar-refractivity contribution in [2.75, 3.05) is 11.3 Å². The van der Waals surface area contributed by atoms with Crippen molar-refractivity contribution < 1.29 is 17.9 Å². The maximum atomic E-state index is 12.4. The number of sulfonamides is 1. The summed E-state index contributed by atoms with van der Waals surface area (Å²) in [6, 6.07) is 4.65. The zero-order valence-electron chi connectivity index (χ0n) is 11.5. The Morgan fingerprint density at radius 3 is 2.76 bits per heavy atom. The fraction of sp³-hybridized carbons (Fsp3) is 0.214. The quantitative estimate of drug-likeness (QED) is 0.837. The standard InChI is InChI=1S/C14H14N2O4S/c1-10-5-6-13(12(8-10)4-3-7-17)21(18,19)16-14-15-11(2)9-20-14/h5-6,8-9,17H,7H2,1-2H3,(H,15,16). The number of nitrogens with one attached hydrogen (secondary N) is 1. The number of oxazole rings is 1. The molecule has 7 heteroatoms. The van der Waals surface area contributed by atoms with Crippen LogP contribution in [0.3, 0.4) is 0 Å². The molecular weight excluding hydrogens is 292 g/mol. The van der Waals surface area contributed by atoms with Crippen molar-refractivity contribution >= 4 is 16.0 Å². The SMILES string of the molecule is Cc1ccc(S(=O)(=O)Nc2nc(C)co2)c(C#CCO)c1. The van der Waals surface area contributed by atoms with Crippen LogP contribution in [0.15, 0.2) is 33.8 Å². The summed E-state index contributed by atoms with van der Waals surface area (Å²) >= 11 is 0. The highest BCUT2D eigenvalue weighted by molar-refractivity contribution is 7.92. The molecule has 1 aromatic heterocycles. The summed E-state index contributed by atoms with van der Waals surface area (Å²) < 4.78 is 32.0. The first-order chi connectivity index (χ1) is 9.92. The van der Waals surface area contributed by atoms with Gasteiger partial charge in [-0.2, -0.15) is 4.98 Å². The van der Waals surface area contributed by atoms with E-state index >= 15 is 0 Å². The van der Waals surface area contributed by atoms with Crippen molar-refractivity contribution in [3.05, 3.63) is 41.3 Å². The normalized spacial score (nSPS) is 10.8. The maximum Gasteiger partial charge on any atom is 0.309 e. The lowest BCUT2D eigenvalue weighted by Crippen LogP contribution is -2.14. The number of aliphatic hydroxyl groups is 1. The van der Waals surface area contributed by atoms with Crippen molar-refractivity contribution in [1.82, 2.24) is 4.98 Å². The number of anilines is 1. The lowest BCUT2D eigenvalue weighted by molar-refractivity contribution is 0.350. The molecule has 2 rings (SSSR count). The monoisotopic (exact) mass is 306 g/mol. The number of hydrogen-bond acceptors (Lipinski definition) is 5. The van der Waals surface area contributed by atoms with Crippen molar-refractivity contribution in [2.45, 2.75) is 18.7 Å². The first-order valence-electron chi connectivity index (χ1n) is 6.08. The Kier molecular flexibility index (Phi) is 4.31. The maximum absolute atomic E-state index is 12.4. The highest BCUT2D eigenvalue weighted by atomic mass is 32.2. The molecule has 0 amide bonds. The zero-order valence-corrected chi connectivity index (χ0v) is 12.4.